The van der Waals surface area contributed by atoms with Crippen LogP contribution in [0.2, 0.25) is 0 Å². The summed E-state index contributed by atoms with van der Waals surface area (Å²) in [6.07, 6.45) is 6.93. The quantitative estimate of drug-likeness (QED) is 0.109. The van der Waals surface area contributed by atoms with Crippen molar-refractivity contribution in [3.05, 3.63) is 334 Å². The molecule has 0 aliphatic heterocycles. The van der Waals surface area contributed by atoms with Crippen molar-refractivity contribution in [3.63, 3.8) is 0 Å². The molecule has 10 rings (SSSR count). The van der Waals surface area contributed by atoms with Gasteiger partial charge in [-0.1, -0.05) is 484 Å². The Morgan fingerprint density at radius 2 is 0.305 bits per heavy atom. The molecule has 0 unspecified atom stereocenters. The molecule has 0 bridgehead atoms. The van der Waals surface area contributed by atoms with E-state index >= 15 is 0 Å². The largest absolute Gasteiger partial charge is 3.00 e. The molecule has 118 heavy (non-hydrogen) atoms. The van der Waals surface area contributed by atoms with Gasteiger partial charge >= 0.3 is 51.7 Å². The molecule has 10 aromatic rings. The van der Waals surface area contributed by atoms with Crippen LogP contribution in [0.3, 0.4) is 0 Å². The third kappa shape index (κ3) is 43.6. The maximum Gasteiger partial charge on any atom is 3.00 e. The Kier molecular flexibility index (Phi) is 49.3. The average Bonchev–Trinajstić information content (AvgIpc) is 0.805. The molecule has 10 aromatic carbocycles. The fraction of sp³-hybridized carbons (Fsp3) is 0.396. The van der Waals surface area contributed by atoms with Gasteiger partial charge in [0, 0.05) is 61.9 Å². The van der Waals surface area contributed by atoms with Gasteiger partial charge in [0.1, 0.15) is 0 Å². The van der Waals surface area contributed by atoms with Crippen LogP contribution >= 0.6 is 0 Å². The van der Waals surface area contributed by atoms with Crippen LogP contribution in [0, 0.1) is 10.8 Å². The monoisotopic (exact) mass is 1660 g/mol. The molecule has 0 aliphatic carbocycles. The van der Waals surface area contributed by atoms with E-state index in [4.69, 9.17) is 20.0 Å². The van der Waals surface area contributed by atoms with Gasteiger partial charge in [0.25, 0.3) is 0 Å². The SMILES string of the molecule is CC(C)(CN=Cc1cc(C(C)(C)C)cc(C(C)(C)C)c1[O-])CN=Cc1cc(C(C)(C)C)cc(C(C)(C)C)c1[O-].CC(C)(CN=Cc1cc(C(C)(C)C)cc(C(C)(C)C)c1[O-])CN=Cc1cc(C(C)(C)C)cc(C(C)(C)C)c1[O-].[OH-].[OH-].[Sc+3].[Sc+3].c1ccccc1.c1ccccc1.c1ccccc1.c1ccccc1.c1ccccc1.c1ccccc1. The molecule has 12 heteroatoms. The van der Waals surface area contributed by atoms with Gasteiger partial charge in [-0.25, -0.2) is 0 Å². The van der Waals surface area contributed by atoms with Gasteiger partial charge in [0.2, 0.25) is 0 Å². The molecule has 0 amide bonds. The first-order valence-electron chi connectivity index (χ1n) is 40.3. The van der Waals surface area contributed by atoms with Crippen molar-refractivity contribution in [3.8, 4) is 23.0 Å². The molecule has 0 saturated carbocycles. The number of benzene rings is 10. The maximum atomic E-state index is 13.3. The van der Waals surface area contributed by atoms with E-state index in [2.05, 4.69) is 218 Å². The van der Waals surface area contributed by atoms with Gasteiger partial charge in [-0.15, -0.1) is 0 Å². The number of aliphatic imine (C=N–C) groups is 4. The Morgan fingerprint density at radius 1 is 0.195 bits per heavy atom. The molecule has 0 atom stereocenters. The first-order valence-corrected chi connectivity index (χ1v) is 40.3. The summed E-state index contributed by atoms with van der Waals surface area (Å²) in [4.78, 5) is 18.8. The van der Waals surface area contributed by atoms with Gasteiger partial charge in [-0.05, 0) is 110 Å². The third-order valence-electron chi connectivity index (χ3n) is 18.2. The maximum absolute atomic E-state index is 13.3. The van der Waals surface area contributed by atoms with Gasteiger partial charge in [0.05, 0.1) is 0 Å². The van der Waals surface area contributed by atoms with Crippen molar-refractivity contribution < 1.29 is 83.1 Å². The van der Waals surface area contributed by atoms with Crippen LogP contribution in [0.5, 0.6) is 23.0 Å². The fourth-order valence-corrected chi connectivity index (χ4v) is 10.9. The zero-order valence-electron chi connectivity index (χ0n) is 77.0. The fourth-order valence-electron chi connectivity index (χ4n) is 10.9. The van der Waals surface area contributed by atoms with Crippen molar-refractivity contribution in [2.24, 2.45) is 30.8 Å². The van der Waals surface area contributed by atoms with Crippen LogP contribution in [0.15, 0.2) is 287 Å². The summed E-state index contributed by atoms with van der Waals surface area (Å²) < 4.78 is 0. The van der Waals surface area contributed by atoms with Gasteiger partial charge in [-0.2, -0.15) is 0 Å². The summed E-state index contributed by atoms with van der Waals surface area (Å²) >= 11 is 0. The molecule has 10 nitrogen and oxygen atoms in total. The molecular formula is C106H142N4O6Sc2. The first-order chi connectivity index (χ1) is 52.9. The average molecular weight is 1660 g/mol. The second kappa shape index (κ2) is 52.0. The van der Waals surface area contributed by atoms with Crippen LogP contribution in [0.25, 0.3) is 0 Å². The van der Waals surface area contributed by atoms with E-state index in [1.54, 1.807) is 24.9 Å². The van der Waals surface area contributed by atoms with E-state index in [9.17, 15) is 20.4 Å². The molecule has 0 aliphatic rings. The predicted molar refractivity (Wildman–Crippen MR) is 493 cm³/mol. The van der Waals surface area contributed by atoms with E-state index in [0.29, 0.717) is 48.4 Å². The summed E-state index contributed by atoms with van der Waals surface area (Å²) in [7, 11) is 0. The van der Waals surface area contributed by atoms with E-state index in [1.165, 1.54) is 0 Å². The first kappa shape index (κ1) is 112. The van der Waals surface area contributed by atoms with Crippen molar-refractivity contribution in [1.29, 1.82) is 0 Å². The Hall–Kier alpha value is -8.26. The van der Waals surface area contributed by atoms with Gasteiger partial charge < -0.3 is 31.4 Å². The molecule has 0 radical (unpaired) electrons. The third-order valence-corrected chi connectivity index (χ3v) is 18.2. The Morgan fingerprint density at radius 3 is 0.398 bits per heavy atom. The van der Waals surface area contributed by atoms with Gasteiger partial charge in [0.15, 0.2) is 0 Å². The number of rotatable bonds is 12. The molecule has 0 spiro atoms. The van der Waals surface area contributed by atoms with E-state index in [0.717, 1.165) is 44.5 Å². The van der Waals surface area contributed by atoms with Crippen molar-refractivity contribution >= 4 is 24.9 Å². The zero-order valence-corrected chi connectivity index (χ0v) is 80.6. The Bertz CT molecular complexity index is 3680. The molecule has 0 aromatic heterocycles. The Balaban J connectivity index is 0. The van der Waals surface area contributed by atoms with Crippen molar-refractivity contribution in [1.82, 2.24) is 0 Å². The van der Waals surface area contributed by atoms with Crippen LogP contribution in [-0.2, 0) is 95.0 Å². The van der Waals surface area contributed by atoms with Gasteiger partial charge in [-0.3, -0.25) is 20.0 Å². The Labute approximate surface area is 752 Å². The van der Waals surface area contributed by atoms with Crippen LogP contribution in [0.4, 0.5) is 0 Å². The van der Waals surface area contributed by atoms with Crippen molar-refractivity contribution in [2.75, 3.05) is 26.2 Å². The summed E-state index contributed by atoms with van der Waals surface area (Å²) in [5.41, 5.74) is 8.66. The molecule has 0 heterocycles. The summed E-state index contributed by atoms with van der Waals surface area (Å²) in [6.45, 7) is 61.4. The topological polar surface area (TPSA) is 202 Å². The number of hydrogen-bond acceptors (Lipinski definition) is 10. The minimum Gasteiger partial charge on any atom is -0.872 e. The summed E-state index contributed by atoms with van der Waals surface area (Å²) in [6, 6.07) is 88.2. The second-order valence-electron chi connectivity index (χ2n) is 38.9. The molecule has 0 saturated heterocycles. The van der Waals surface area contributed by atoms with Crippen LogP contribution in [0.1, 0.15) is 261 Å². The summed E-state index contributed by atoms with van der Waals surface area (Å²) in [5.74, 6) is 0.190. The molecular weight excluding hydrogens is 1520 g/mol. The molecule has 628 valence electrons. The smallest absolute Gasteiger partial charge is 0.872 e. The molecule has 2 N–H and O–H groups in total. The van der Waals surface area contributed by atoms with E-state index < -0.39 is 0 Å². The number of nitrogens with zero attached hydrogens (tertiary/aromatic N) is 4. The van der Waals surface area contributed by atoms with Crippen LogP contribution < -0.4 is 20.4 Å². The second-order valence-corrected chi connectivity index (χ2v) is 38.9. The zero-order chi connectivity index (χ0) is 85.8. The summed E-state index contributed by atoms with van der Waals surface area (Å²) in [5, 5.41) is 53.1. The standard InChI is InChI=1S/2C35H54N2O2.6C6H6.2H2O.2Sc/c2*1-31(2,3)25-15-23(29(38)27(17-25)33(7,8)9)19-36-21-35(13,14)22-37-20-24-16-26(32(4,5)6)18-28(30(24)39)34(10,11)12;6*1-2-4-6-5-3-1;;;;/h2*15-20,38-39H,21-22H2,1-14H3;6*1-6H;2*1H2;;/q;;;;;;;;;;2*+3/p-6. The number of hydrogen-bond donors (Lipinski definition) is 0. The van der Waals surface area contributed by atoms with E-state index in [-0.39, 0.29) is 140 Å². The molecule has 0 fully saturated rings. The normalized spacial score (nSPS) is 11.8. The van der Waals surface area contributed by atoms with Crippen LogP contribution in [-0.4, -0.2) is 62.0 Å². The minimum atomic E-state index is -0.244. The minimum absolute atomic E-state index is 0. The van der Waals surface area contributed by atoms with Crippen molar-refractivity contribution in [2.45, 2.75) is 237 Å². The van der Waals surface area contributed by atoms with E-state index in [1.807, 2.05) is 243 Å². The predicted octanol–water partition coefficient (Wildman–Crippen LogP) is 24.9.